The lowest BCUT2D eigenvalue weighted by Crippen LogP contribution is -2.50. The molecule has 1 aromatic carbocycles. The van der Waals surface area contributed by atoms with E-state index in [1.54, 1.807) is 16.7 Å². The topological polar surface area (TPSA) is 40.6 Å². The molecule has 0 bridgehead atoms. The number of amides is 2. The summed E-state index contributed by atoms with van der Waals surface area (Å²) in [6, 6.07) is 8.22. The van der Waals surface area contributed by atoms with Crippen LogP contribution in [0.3, 0.4) is 0 Å². The predicted molar refractivity (Wildman–Crippen MR) is 80.7 cm³/mol. The first-order valence-corrected chi connectivity index (χ1v) is 7.69. The van der Waals surface area contributed by atoms with Gasteiger partial charge in [0.25, 0.3) is 0 Å². The van der Waals surface area contributed by atoms with Gasteiger partial charge in [0, 0.05) is 31.1 Å². The van der Waals surface area contributed by atoms with Gasteiger partial charge in [0.15, 0.2) is 0 Å². The molecular formula is C15H20N2O2S. The fraction of sp³-hybridized carbons (Fsp3) is 0.467. The Morgan fingerprint density at radius 2 is 1.80 bits per heavy atom. The van der Waals surface area contributed by atoms with E-state index in [4.69, 9.17) is 0 Å². The van der Waals surface area contributed by atoms with Crippen LogP contribution in [0.25, 0.3) is 0 Å². The molecule has 2 amide bonds. The van der Waals surface area contributed by atoms with Crippen LogP contribution in [0.15, 0.2) is 29.2 Å². The van der Waals surface area contributed by atoms with Crippen molar-refractivity contribution >= 4 is 24.1 Å². The van der Waals surface area contributed by atoms with Crippen molar-refractivity contribution in [3.05, 3.63) is 29.8 Å². The first kappa shape index (κ1) is 14.9. The molecule has 108 valence electrons. The summed E-state index contributed by atoms with van der Waals surface area (Å²) in [4.78, 5) is 27.7. The van der Waals surface area contributed by atoms with Crippen LogP contribution in [0.4, 0.5) is 0 Å². The fourth-order valence-corrected chi connectivity index (χ4v) is 3.13. The lowest BCUT2D eigenvalue weighted by Gasteiger charge is -2.33. The molecule has 2 rings (SSSR count). The molecule has 1 aromatic rings. The molecule has 0 aromatic heterocycles. The number of rotatable bonds is 4. The van der Waals surface area contributed by atoms with Crippen LogP contribution in [0.1, 0.15) is 12.5 Å². The summed E-state index contributed by atoms with van der Waals surface area (Å²) in [5.74, 6) is 0.154. The summed E-state index contributed by atoms with van der Waals surface area (Å²) in [5, 5.41) is -0.0968. The lowest BCUT2D eigenvalue weighted by molar-refractivity contribution is -0.134. The molecule has 1 saturated heterocycles. The van der Waals surface area contributed by atoms with Crippen molar-refractivity contribution in [2.45, 2.75) is 24.0 Å². The van der Waals surface area contributed by atoms with Gasteiger partial charge in [-0.2, -0.15) is 0 Å². The van der Waals surface area contributed by atoms with Gasteiger partial charge in [-0.05, 0) is 26.0 Å². The van der Waals surface area contributed by atoms with Crippen LogP contribution in [-0.4, -0.2) is 53.5 Å². The highest BCUT2D eigenvalue weighted by Gasteiger charge is 2.24. The highest BCUT2D eigenvalue weighted by Crippen LogP contribution is 2.25. The van der Waals surface area contributed by atoms with Crippen molar-refractivity contribution in [2.75, 3.05) is 26.2 Å². The van der Waals surface area contributed by atoms with Gasteiger partial charge in [-0.1, -0.05) is 17.7 Å². The van der Waals surface area contributed by atoms with Gasteiger partial charge in [-0.15, -0.1) is 11.8 Å². The second-order valence-corrected chi connectivity index (χ2v) is 6.45. The van der Waals surface area contributed by atoms with Gasteiger partial charge >= 0.3 is 0 Å². The van der Waals surface area contributed by atoms with Gasteiger partial charge in [-0.25, -0.2) is 0 Å². The Kier molecular flexibility index (Phi) is 5.06. The third kappa shape index (κ3) is 3.76. The number of carbonyl (C=O) groups is 2. The number of hydrogen-bond donors (Lipinski definition) is 0. The average molecular weight is 292 g/mol. The van der Waals surface area contributed by atoms with Crippen molar-refractivity contribution in [2.24, 2.45) is 0 Å². The van der Waals surface area contributed by atoms with E-state index in [-0.39, 0.29) is 11.2 Å². The van der Waals surface area contributed by atoms with E-state index >= 15 is 0 Å². The van der Waals surface area contributed by atoms with Gasteiger partial charge in [-0.3, -0.25) is 9.59 Å². The lowest BCUT2D eigenvalue weighted by atomic mass is 10.2. The second kappa shape index (κ2) is 6.79. The number of piperazine rings is 1. The molecule has 1 atom stereocenters. The third-order valence-corrected chi connectivity index (χ3v) is 4.56. The van der Waals surface area contributed by atoms with E-state index in [2.05, 4.69) is 19.1 Å². The minimum atomic E-state index is -0.0968. The Bertz CT molecular complexity index is 467. The molecule has 1 heterocycles. The predicted octanol–water partition coefficient (Wildman–Crippen LogP) is 1.78. The molecular weight excluding hydrogens is 272 g/mol. The van der Waals surface area contributed by atoms with Crippen LogP contribution in [-0.2, 0) is 9.59 Å². The molecule has 1 unspecified atom stereocenters. The zero-order valence-electron chi connectivity index (χ0n) is 11.9. The molecule has 0 spiro atoms. The number of hydrogen-bond acceptors (Lipinski definition) is 3. The maximum Gasteiger partial charge on any atom is 0.235 e. The number of nitrogens with zero attached hydrogens (tertiary/aromatic N) is 2. The Morgan fingerprint density at radius 3 is 2.35 bits per heavy atom. The SMILES string of the molecule is Cc1ccc(SC(C)C(=O)N2CCN(C=O)CC2)cc1. The molecule has 20 heavy (non-hydrogen) atoms. The first-order valence-electron chi connectivity index (χ1n) is 6.81. The second-order valence-electron chi connectivity index (χ2n) is 5.04. The van der Waals surface area contributed by atoms with E-state index in [0.717, 1.165) is 11.3 Å². The maximum absolute atomic E-state index is 12.4. The standard InChI is InChI=1S/C15H20N2O2S/c1-12-3-5-14(6-4-12)20-13(2)15(19)17-9-7-16(11-18)8-10-17/h3-6,11,13H,7-10H2,1-2H3. The number of carbonyl (C=O) groups excluding carboxylic acids is 2. The Morgan fingerprint density at radius 1 is 1.20 bits per heavy atom. The largest absolute Gasteiger partial charge is 0.342 e. The van der Waals surface area contributed by atoms with Crippen molar-refractivity contribution in [3.63, 3.8) is 0 Å². The van der Waals surface area contributed by atoms with E-state index in [1.165, 1.54) is 5.56 Å². The zero-order valence-corrected chi connectivity index (χ0v) is 12.7. The van der Waals surface area contributed by atoms with E-state index < -0.39 is 0 Å². The molecule has 0 N–H and O–H groups in total. The van der Waals surface area contributed by atoms with Gasteiger partial charge in [0.05, 0.1) is 5.25 Å². The van der Waals surface area contributed by atoms with Crippen molar-refractivity contribution in [1.29, 1.82) is 0 Å². The molecule has 1 fully saturated rings. The summed E-state index contributed by atoms with van der Waals surface area (Å²) in [6.07, 6.45) is 0.853. The molecule has 0 radical (unpaired) electrons. The zero-order chi connectivity index (χ0) is 14.5. The minimum Gasteiger partial charge on any atom is -0.342 e. The van der Waals surface area contributed by atoms with E-state index in [9.17, 15) is 9.59 Å². The number of benzene rings is 1. The smallest absolute Gasteiger partial charge is 0.235 e. The van der Waals surface area contributed by atoms with E-state index in [0.29, 0.717) is 26.2 Å². The van der Waals surface area contributed by atoms with Crippen LogP contribution in [0, 0.1) is 6.92 Å². The molecule has 4 nitrogen and oxygen atoms in total. The highest BCUT2D eigenvalue weighted by atomic mass is 32.2. The van der Waals surface area contributed by atoms with Crippen LogP contribution < -0.4 is 0 Å². The quantitative estimate of drug-likeness (QED) is 0.627. The molecule has 0 saturated carbocycles. The summed E-state index contributed by atoms with van der Waals surface area (Å²) in [5.41, 5.74) is 1.22. The fourth-order valence-electron chi connectivity index (χ4n) is 2.18. The summed E-state index contributed by atoms with van der Waals surface area (Å²) in [7, 11) is 0. The highest BCUT2D eigenvalue weighted by molar-refractivity contribution is 8.00. The normalized spacial score (nSPS) is 16.9. The molecule has 1 aliphatic rings. The van der Waals surface area contributed by atoms with Crippen LogP contribution in [0.2, 0.25) is 0 Å². The first-order chi connectivity index (χ1) is 9.60. The van der Waals surface area contributed by atoms with Gasteiger partial charge in [0.1, 0.15) is 0 Å². The molecule has 0 aliphatic carbocycles. The monoisotopic (exact) mass is 292 g/mol. The van der Waals surface area contributed by atoms with Gasteiger partial charge < -0.3 is 9.80 Å². The Labute approximate surface area is 124 Å². The Hall–Kier alpha value is -1.49. The van der Waals surface area contributed by atoms with Crippen LogP contribution >= 0.6 is 11.8 Å². The van der Waals surface area contributed by atoms with Crippen molar-refractivity contribution in [3.8, 4) is 0 Å². The average Bonchev–Trinajstić information content (AvgIpc) is 2.49. The third-order valence-electron chi connectivity index (χ3n) is 3.46. The maximum atomic E-state index is 12.4. The van der Waals surface area contributed by atoms with Crippen molar-refractivity contribution in [1.82, 2.24) is 9.80 Å². The Balaban J connectivity index is 1.89. The summed E-state index contributed by atoms with van der Waals surface area (Å²) in [6.45, 7) is 6.54. The minimum absolute atomic E-state index is 0.0968. The summed E-state index contributed by atoms with van der Waals surface area (Å²) < 4.78 is 0. The summed E-state index contributed by atoms with van der Waals surface area (Å²) >= 11 is 1.59. The van der Waals surface area contributed by atoms with E-state index in [1.807, 2.05) is 24.0 Å². The van der Waals surface area contributed by atoms with Crippen molar-refractivity contribution < 1.29 is 9.59 Å². The van der Waals surface area contributed by atoms with Crippen LogP contribution in [0.5, 0.6) is 0 Å². The molecule has 1 aliphatic heterocycles. The van der Waals surface area contributed by atoms with Gasteiger partial charge in [0.2, 0.25) is 12.3 Å². The molecule has 5 heteroatoms. The number of thioether (sulfide) groups is 1. The number of aryl methyl sites for hydroxylation is 1.